The molecule has 0 radical (unpaired) electrons. The van der Waals surface area contributed by atoms with Gasteiger partial charge in [0, 0.05) is 6.61 Å². The molecule has 1 heterocycles. The second-order valence-corrected chi connectivity index (χ2v) is 3.93. The number of rotatable bonds is 3. The second-order valence-electron chi connectivity index (χ2n) is 3.93. The first-order valence-corrected chi connectivity index (χ1v) is 5.01. The van der Waals surface area contributed by atoms with E-state index in [1.807, 2.05) is 0 Å². The van der Waals surface area contributed by atoms with Crippen molar-refractivity contribution in [1.82, 2.24) is 0 Å². The Kier molecular flexibility index (Phi) is 2.52. The first-order chi connectivity index (χ1) is 6.35. The Morgan fingerprint density at radius 3 is 2.85 bits per heavy atom. The molecule has 1 aliphatic carbocycles. The van der Waals surface area contributed by atoms with Gasteiger partial charge in [-0.1, -0.05) is 0 Å². The molecule has 0 amide bonds. The molecule has 3 nitrogen and oxygen atoms in total. The number of ether oxygens (including phenoxy) is 2. The number of nitriles is 1. The number of nitrogens with zero attached hydrogens (tertiary/aromatic N) is 1. The molecule has 3 heteroatoms. The van der Waals surface area contributed by atoms with Crippen molar-refractivity contribution in [1.29, 1.82) is 5.26 Å². The maximum Gasteiger partial charge on any atom is 0.158 e. The minimum Gasteiger partial charge on any atom is -0.353 e. The van der Waals surface area contributed by atoms with E-state index in [4.69, 9.17) is 14.7 Å². The van der Waals surface area contributed by atoms with Gasteiger partial charge in [0.2, 0.25) is 0 Å². The van der Waals surface area contributed by atoms with E-state index in [-0.39, 0.29) is 11.9 Å². The van der Waals surface area contributed by atoms with Crippen LogP contribution in [-0.4, -0.2) is 18.5 Å². The zero-order chi connectivity index (χ0) is 9.15. The van der Waals surface area contributed by atoms with Crippen LogP contribution >= 0.6 is 0 Å². The third-order valence-electron chi connectivity index (χ3n) is 2.73. The molecule has 2 rings (SSSR count). The second kappa shape index (κ2) is 3.65. The molecule has 1 saturated heterocycles. The maximum absolute atomic E-state index is 8.60. The van der Waals surface area contributed by atoms with Gasteiger partial charge in [-0.2, -0.15) is 5.26 Å². The molecule has 0 spiro atoms. The monoisotopic (exact) mass is 181 g/mol. The van der Waals surface area contributed by atoms with Crippen molar-refractivity contribution in [2.45, 2.75) is 50.4 Å². The predicted molar refractivity (Wildman–Crippen MR) is 46.9 cm³/mol. The van der Waals surface area contributed by atoms with Crippen molar-refractivity contribution in [3.8, 4) is 6.07 Å². The lowest BCUT2D eigenvalue weighted by Crippen LogP contribution is -2.28. The SMILES string of the molecule is N#CCC1(OC2CCCCO2)CC1. The lowest BCUT2D eigenvalue weighted by atomic mass is 10.2. The quantitative estimate of drug-likeness (QED) is 0.668. The fourth-order valence-electron chi connectivity index (χ4n) is 1.70. The van der Waals surface area contributed by atoms with Gasteiger partial charge in [0.1, 0.15) is 0 Å². The third kappa shape index (κ3) is 2.20. The van der Waals surface area contributed by atoms with Gasteiger partial charge in [-0.3, -0.25) is 0 Å². The first kappa shape index (κ1) is 8.98. The van der Waals surface area contributed by atoms with Gasteiger partial charge in [-0.15, -0.1) is 0 Å². The van der Waals surface area contributed by atoms with E-state index in [9.17, 15) is 0 Å². The van der Waals surface area contributed by atoms with Crippen LogP contribution in [0, 0.1) is 11.3 Å². The van der Waals surface area contributed by atoms with Gasteiger partial charge in [-0.05, 0) is 32.1 Å². The van der Waals surface area contributed by atoms with Crippen LogP contribution < -0.4 is 0 Å². The van der Waals surface area contributed by atoms with Crippen LogP contribution in [0.1, 0.15) is 38.5 Å². The molecule has 0 aromatic rings. The van der Waals surface area contributed by atoms with Crippen molar-refractivity contribution >= 4 is 0 Å². The molecule has 1 saturated carbocycles. The van der Waals surface area contributed by atoms with Gasteiger partial charge in [0.05, 0.1) is 18.1 Å². The van der Waals surface area contributed by atoms with E-state index in [2.05, 4.69) is 6.07 Å². The Bertz CT molecular complexity index is 211. The third-order valence-corrected chi connectivity index (χ3v) is 2.73. The van der Waals surface area contributed by atoms with Gasteiger partial charge >= 0.3 is 0 Å². The van der Waals surface area contributed by atoms with E-state index in [1.54, 1.807) is 0 Å². The summed E-state index contributed by atoms with van der Waals surface area (Å²) in [7, 11) is 0. The molecule has 1 aliphatic heterocycles. The highest BCUT2D eigenvalue weighted by molar-refractivity contribution is 5.02. The fourth-order valence-corrected chi connectivity index (χ4v) is 1.70. The van der Waals surface area contributed by atoms with E-state index >= 15 is 0 Å². The molecule has 0 aromatic heterocycles. The normalized spacial score (nSPS) is 30.8. The Morgan fingerprint density at radius 1 is 1.46 bits per heavy atom. The average Bonchev–Trinajstić information content (AvgIpc) is 2.87. The lowest BCUT2D eigenvalue weighted by molar-refractivity contribution is -0.195. The summed E-state index contributed by atoms with van der Waals surface area (Å²) >= 11 is 0. The Hall–Kier alpha value is -0.590. The van der Waals surface area contributed by atoms with Crippen LogP contribution in [-0.2, 0) is 9.47 Å². The van der Waals surface area contributed by atoms with Gasteiger partial charge in [0.15, 0.2) is 6.29 Å². The van der Waals surface area contributed by atoms with Gasteiger partial charge in [0.25, 0.3) is 0 Å². The van der Waals surface area contributed by atoms with Crippen LogP contribution in [0.4, 0.5) is 0 Å². The van der Waals surface area contributed by atoms with Gasteiger partial charge in [-0.25, -0.2) is 0 Å². The summed E-state index contributed by atoms with van der Waals surface area (Å²) in [5.41, 5.74) is -0.128. The molecular weight excluding hydrogens is 166 g/mol. The van der Waals surface area contributed by atoms with Crippen LogP contribution in [0.2, 0.25) is 0 Å². The van der Waals surface area contributed by atoms with E-state index in [0.29, 0.717) is 6.42 Å². The highest BCUT2D eigenvalue weighted by atomic mass is 16.7. The van der Waals surface area contributed by atoms with Crippen molar-refractivity contribution in [2.75, 3.05) is 6.61 Å². The predicted octanol–water partition coefficient (Wildman–Crippen LogP) is 1.98. The summed E-state index contributed by atoms with van der Waals surface area (Å²) in [6.45, 7) is 0.813. The summed E-state index contributed by atoms with van der Waals surface area (Å²) in [6, 6.07) is 2.18. The Morgan fingerprint density at radius 2 is 2.31 bits per heavy atom. The van der Waals surface area contributed by atoms with Crippen LogP contribution in [0.25, 0.3) is 0 Å². The van der Waals surface area contributed by atoms with E-state index < -0.39 is 0 Å². The van der Waals surface area contributed by atoms with Crippen LogP contribution in [0.15, 0.2) is 0 Å². The summed E-state index contributed by atoms with van der Waals surface area (Å²) in [5.74, 6) is 0. The molecule has 13 heavy (non-hydrogen) atoms. The van der Waals surface area contributed by atoms with E-state index in [0.717, 1.165) is 32.3 Å². The van der Waals surface area contributed by atoms with Crippen molar-refractivity contribution in [2.24, 2.45) is 0 Å². The fraction of sp³-hybridized carbons (Fsp3) is 0.900. The van der Waals surface area contributed by atoms with Gasteiger partial charge < -0.3 is 9.47 Å². The topological polar surface area (TPSA) is 42.2 Å². The Balaban J connectivity index is 1.80. The molecule has 1 unspecified atom stereocenters. The van der Waals surface area contributed by atoms with Crippen LogP contribution in [0.3, 0.4) is 0 Å². The molecule has 72 valence electrons. The summed E-state index contributed by atoms with van der Waals surface area (Å²) in [5, 5.41) is 8.60. The van der Waals surface area contributed by atoms with Crippen LogP contribution in [0.5, 0.6) is 0 Å². The smallest absolute Gasteiger partial charge is 0.158 e. The highest BCUT2D eigenvalue weighted by Gasteiger charge is 2.46. The minimum absolute atomic E-state index is 0.0374. The molecule has 2 fully saturated rings. The molecule has 0 N–H and O–H groups in total. The summed E-state index contributed by atoms with van der Waals surface area (Å²) in [6.07, 6.45) is 5.86. The lowest BCUT2D eigenvalue weighted by Gasteiger charge is -2.26. The Labute approximate surface area is 78.6 Å². The van der Waals surface area contributed by atoms with Crippen molar-refractivity contribution < 1.29 is 9.47 Å². The number of hydrogen-bond acceptors (Lipinski definition) is 3. The molecule has 1 atom stereocenters. The number of hydrogen-bond donors (Lipinski definition) is 0. The average molecular weight is 181 g/mol. The first-order valence-electron chi connectivity index (χ1n) is 5.01. The molecular formula is C10H15NO2. The summed E-state index contributed by atoms with van der Waals surface area (Å²) in [4.78, 5) is 0. The zero-order valence-electron chi connectivity index (χ0n) is 7.79. The zero-order valence-corrected chi connectivity index (χ0v) is 7.79. The van der Waals surface area contributed by atoms with E-state index in [1.165, 1.54) is 6.42 Å². The maximum atomic E-state index is 8.60. The standard InChI is InChI=1S/C10H15NO2/c11-7-6-10(4-5-10)13-9-3-1-2-8-12-9/h9H,1-6,8H2. The summed E-state index contributed by atoms with van der Waals surface area (Å²) < 4.78 is 11.3. The minimum atomic E-state index is -0.128. The van der Waals surface area contributed by atoms with Crippen molar-refractivity contribution in [3.05, 3.63) is 0 Å². The molecule has 0 bridgehead atoms. The largest absolute Gasteiger partial charge is 0.353 e. The molecule has 2 aliphatic rings. The van der Waals surface area contributed by atoms with Crippen molar-refractivity contribution in [3.63, 3.8) is 0 Å². The highest BCUT2D eigenvalue weighted by Crippen LogP contribution is 2.44. The molecule has 0 aromatic carbocycles.